The lowest BCUT2D eigenvalue weighted by atomic mass is 10.1. The van der Waals surface area contributed by atoms with E-state index >= 15 is 0 Å². The molecule has 0 radical (unpaired) electrons. The first-order valence-electron chi connectivity index (χ1n) is 8.33. The first-order valence-corrected chi connectivity index (χ1v) is 10.2. The Labute approximate surface area is 159 Å². The number of benzene rings is 1. The maximum Gasteiger partial charge on any atom is 0.253 e. The third-order valence-corrected chi connectivity index (χ3v) is 5.70. The number of hydrogen-bond acceptors (Lipinski definition) is 7. The molecule has 0 saturated carbocycles. The third kappa shape index (κ3) is 3.86. The number of anilines is 1. The van der Waals surface area contributed by atoms with Gasteiger partial charge in [0.25, 0.3) is 5.91 Å². The maximum atomic E-state index is 12.7. The number of hydrogen-bond donors (Lipinski definition) is 0. The van der Waals surface area contributed by atoms with E-state index in [1.54, 1.807) is 28.2 Å². The van der Waals surface area contributed by atoms with E-state index in [0.717, 1.165) is 29.7 Å². The number of ether oxygens (including phenoxy) is 1. The van der Waals surface area contributed by atoms with Crippen molar-refractivity contribution in [2.24, 2.45) is 0 Å². The third-order valence-electron chi connectivity index (χ3n) is 4.23. The summed E-state index contributed by atoms with van der Waals surface area (Å²) in [5.74, 6) is 0.804. The molecular weight excluding hydrogens is 368 g/mol. The van der Waals surface area contributed by atoms with Crippen LogP contribution < -0.4 is 9.64 Å². The summed E-state index contributed by atoms with van der Waals surface area (Å²) >= 11 is 3.18. The van der Waals surface area contributed by atoms with Gasteiger partial charge in [0.05, 0.1) is 11.2 Å². The van der Waals surface area contributed by atoms with Gasteiger partial charge in [-0.3, -0.25) is 4.79 Å². The van der Waals surface area contributed by atoms with Crippen molar-refractivity contribution in [3.63, 3.8) is 0 Å². The SMILES string of the molecule is O=C(c1ccc(OCc2cscn2)cc1)N1CCN(c2nccs2)CC1. The number of thiazole rings is 2. The number of amides is 1. The Morgan fingerprint density at radius 1 is 1.12 bits per heavy atom. The van der Waals surface area contributed by atoms with Crippen molar-refractivity contribution in [2.45, 2.75) is 6.61 Å². The molecule has 1 amide bonds. The Hall–Kier alpha value is -2.45. The lowest BCUT2D eigenvalue weighted by Gasteiger charge is -2.34. The largest absolute Gasteiger partial charge is 0.487 e. The maximum absolute atomic E-state index is 12.7. The van der Waals surface area contributed by atoms with Crippen LogP contribution in [0.25, 0.3) is 0 Å². The lowest BCUT2D eigenvalue weighted by Crippen LogP contribution is -2.48. The Kier molecular flexibility index (Phi) is 5.12. The second-order valence-electron chi connectivity index (χ2n) is 5.89. The van der Waals surface area contributed by atoms with Gasteiger partial charge >= 0.3 is 0 Å². The van der Waals surface area contributed by atoms with Gasteiger partial charge in [0.1, 0.15) is 12.4 Å². The standard InChI is InChI=1S/C18H18N4O2S2/c23-17(21-6-8-22(9-7-21)18-19-5-10-26-18)14-1-3-16(4-2-14)24-11-15-12-25-13-20-15/h1-5,10,12-13H,6-9,11H2. The van der Waals surface area contributed by atoms with E-state index in [1.807, 2.05) is 46.1 Å². The summed E-state index contributed by atoms with van der Waals surface area (Å²) in [7, 11) is 0. The van der Waals surface area contributed by atoms with Crippen molar-refractivity contribution in [3.05, 3.63) is 58.0 Å². The van der Waals surface area contributed by atoms with E-state index in [1.165, 1.54) is 0 Å². The molecule has 1 fully saturated rings. The van der Waals surface area contributed by atoms with Gasteiger partial charge in [0, 0.05) is 48.7 Å². The van der Waals surface area contributed by atoms with E-state index in [0.29, 0.717) is 25.3 Å². The normalized spacial score (nSPS) is 14.5. The molecule has 0 atom stereocenters. The van der Waals surface area contributed by atoms with Gasteiger partial charge in [-0.2, -0.15) is 0 Å². The Bertz CT molecular complexity index is 827. The fourth-order valence-corrected chi connectivity index (χ4v) is 4.06. The van der Waals surface area contributed by atoms with Crippen LogP contribution in [0.5, 0.6) is 5.75 Å². The molecule has 1 aliphatic heterocycles. The van der Waals surface area contributed by atoms with Crippen LogP contribution in [0.15, 0.2) is 46.7 Å². The zero-order chi connectivity index (χ0) is 17.8. The summed E-state index contributed by atoms with van der Waals surface area (Å²) in [6.07, 6.45) is 1.82. The topological polar surface area (TPSA) is 58.6 Å². The minimum absolute atomic E-state index is 0.0647. The predicted octanol–water partition coefficient (Wildman–Crippen LogP) is 3.14. The fraction of sp³-hybridized carbons (Fsp3) is 0.278. The molecule has 4 rings (SSSR count). The van der Waals surface area contributed by atoms with Crippen LogP contribution in [-0.2, 0) is 6.61 Å². The van der Waals surface area contributed by atoms with Crippen LogP contribution in [0.2, 0.25) is 0 Å². The zero-order valence-corrected chi connectivity index (χ0v) is 15.7. The molecule has 134 valence electrons. The molecule has 3 heterocycles. The predicted molar refractivity (Wildman–Crippen MR) is 103 cm³/mol. The van der Waals surface area contributed by atoms with Gasteiger partial charge in [-0.05, 0) is 24.3 Å². The van der Waals surface area contributed by atoms with Crippen molar-refractivity contribution >= 4 is 33.7 Å². The van der Waals surface area contributed by atoms with E-state index in [2.05, 4.69) is 14.9 Å². The highest BCUT2D eigenvalue weighted by Crippen LogP contribution is 2.20. The lowest BCUT2D eigenvalue weighted by molar-refractivity contribution is 0.0746. The minimum Gasteiger partial charge on any atom is -0.487 e. The summed E-state index contributed by atoms with van der Waals surface area (Å²) in [5.41, 5.74) is 3.39. The van der Waals surface area contributed by atoms with Gasteiger partial charge in [0.15, 0.2) is 5.13 Å². The highest BCUT2D eigenvalue weighted by molar-refractivity contribution is 7.13. The first-order chi connectivity index (χ1) is 12.8. The van der Waals surface area contributed by atoms with Gasteiger partial charge in [0.2, 0.25) is 0 Å². The minimum atomic E-state index is 0.0647. The van der Waals surface area contributed by atoms with Crippen LogP contribution in [0.1, 0.15) is 16.1 Å². The number of aromatic nitrogens is 2. The van der Waals surface area contributed by atoms with E-state index in [9.17, 15) is 4.79 Å². The quantitative estimate of drug-likeness (QED) is 0.674. The monoisotopic (exact) mass is 386 g/mol. The average Bonchev–Trinajstić information content (AvgIpc) is 3.40. The van der Waals surface area contributed by atoms with Crippen LogP contribution in [0.4, 0.5) is 5.13 Å². The molecule has 8 heteroatoms. The zero-order valence-electron chi connectivity index (χ0n) is 14.1. The molecule has 0 aliphatic carbocycles. The second-order valence-corrected chi connectivity index (χ2v) is 7.48. The number of rotatable bonds is 5. The highest BCUT2D eigenvalue weighted by atomic mass is 32.1. The molecule has 0 spiro atoms. The van der Waals surface area contributed by atoms with Crippen molar-refractivity contribution in [3.8, 4) is 5.75 Å². The van der Waals surface area contributed by atoms with Crippen molar-refractivity contribution in [2.75, 3.05) is 31.1 Å². The molecule has 26 heavy (non-hydrogen) atoms. The van der Waals surface area contributed by atoms with Crippen LogP contribution in [0, 0.1) is 0 Å². The molecule has 2 aromatic heterocycles. The number of piperazine rings is 1. The second kappa shape index (κ2) is 7.84. The summed E-state index contributed by atoms with van der Waals surface area (Å²) in [5, 5.41) is 4.97. The van der Waals surface area contributed by atoms with Crippen LogP contribution >= 0.6 is 22.7 Å². The highest BCUT2D eigenvalue weighted by Gasteiger charge is 2.23. The molecule has 1 saturated heterocycles. The van der Waals surface area contributed by atoms with Crippen molar-refractivity contribution < 1.29 is 9.53 Å². The summed E-state index contributed by atoms with van der Waals surface area (Å²) < 4.78 is 5.69. The molecule has 0 bridgehead atoms. The number of carbonyl (C=O) groups is 1. The molecule has 0 unspecified atom stereocenters. The Morgan fingerprint density at radius 2 is 1.92 bits per heavy atom. The number of nitrogens with zero attached hydrogens (tertiary/aromatic N) is 4. The van der Waals surface area contributed by atoms with E-state index in [-0.39, 0.29) is 5.91 Å². The van der Waals surface area contributed by atoms with E-state index < -0.39 is 0 Å². The Balaban J connectivity index is 1.32. The summed E-state index contributed by atoms with van der Waals surface area (Å²) in [6.45, 7) is 3.48. The van der Waals surface area contributed by atoms with Gasteiger partial charge < -0.3 is 14.5 Å². The van der Waals surface area contributed by atoms with Gasteiger partial charge in [-0.25, -0.2) is 9.97 Å². The Morgan fingerprint density at radius 3 is 2.58 bits per heavy atom. The average molecular weight is 387 g/mol. The fourth-order valence-electron chi connectivity index (χ4n) is 2.82. The smallest absolute Gasteiger partial charge is 0.253 e. The van der Waals surface area contributed by atoms with Gasteiger partial charge in [-0.15, -0.1) is 22.7 Å². The molecule has 1 aliphatic rings. The summed E-state index contributed by atoms with van der Waals surface area (Å²) in [4.78, 5) is 25.3. The number of carbonyl (C=O) groups excluding carboxylic acids is 1. The van der Waals surface area contributed by atoms with Crippen LogP contribution in [-0.4, -0.2) is 47.0 Å². The molecule has 1 aromatic carbocycles. The van der Waals surface area contributed by atoms with Crippen LogP contribution in [0.3, 0.4) is 0 Å². The van der Waals surface area contributed by atoms with Crippen molar-refractivity contribution in [1.29, 1.82) is 0 Å². The molecule has 6 nitrogen and oxygen atoms in total. The van der Waals surface area contributed by atoms with Gasteiger partial charge in [-0.1, -0.05) is 0 Å². The van der Waals surface area contributed by atoms with Crippen molar-refractivity contribution in [1.82, 2.24) is 14.9 Å². The first kappa shape index (κ1) is 17.0. The molecular formula is C18H18N4O2S2. The summed E-state index contributed by atoms with van der Waals surface area (Å²) in [6, 6.07) is 7.33. The van der Waals surface area contributed by atoms with E-state index in [4.69, 9.17) is 4.74 Å². The molecule has 0 N–H and O–H groups in total. The molecule has 3 aromatic rings.